The molecule has 2 aliphatic rings. The van der Waals surface area contributed by atoms with Gasteiger partial charge in [-0.1, -0.05) is 44.2 Å². The molecule has 0 spiro atoms. The Kier molecular flexibility index (Phi) is 6.32. The lowest BCUT2D eigenvalue weighted by Crippen LogP contribution is -2.52. The number of carbonyl (C=O) groups excluding carboxylic acids is 1. The van der Waals surface area contributed by atoms with Gasteiger partial charge >= 0.3 is 6.03 Å². The zero-order valence-corrected chi connectivity index (χ0v) is 15.4. The Balaban J connectivity index is 1.53. The molecule has 0 aromatic heterocycles. The van der Waals surface area contributed by atoms with Crippen molar-refractivity contribution in [2.45, 2.75) is 38.8 Å². The van der Waals surface area contributed by atoms with Gasteiger partial charge in [0, 0.05) is 25.7 Å². The van der Waals surface area contributed by atoms with E-state index in [1.807, 2.05) is 18.2 Å². The minimum Gasteiger partial charge on any atom is -0.379 e. The lowest BCUT2D eigenvalue weighted by atomic mass is 10.0. The molecule has 1 saturated heterocycles. The molecule has 5 nitrogen and oxygen atoms in total. The van der Waals surface area contributed by atoms with Crippen molar-refractivity contribution in [2.24, 2.45) is 11.8 Å². The average molecular weight is 345 g/mol. The molecule has 5 heteroatoms. The van der Waals surface area contributed by atoms with Crippen molar-refractivity contribution in [3.05, 3.63) is 35.9 Å². The summed E-state index contributed by atoms with van der Waals surface area (Å²) in [7, 11) is 0. The Morgan fingerprint density at radius 3 is 2.48 bits per heavy atom. The summed E-state index contributed by atoms with van der Waals surface area (Å²) in [5.41, 5.74) is 1.20. The fourth-order valence-corrected chi connectivity index (χ4v) is 3.65. The molecule has 1 heterocycles. The number of carbonyl (C=O) groups is 1. The SMILES string of the molecule is CC(C)C(CNC(=O)NC(c1ccccc1)C1CC1)N1CCOCC1. The van der Waals surface area contributed by atoms with Crippen molar-refractivity contribution in [3.63, 3.8) is 0 Å². The maximum Gasteiger partial charge on any atom is 0.315 e. The van der Waals surface area contributed by atoms with E-state index >= 15 is 0 Å². The van der Waals surface area contributed by atoms with Gasteiger partial charge in [0.2, 0.25) is 0 Å². The van der Waals surface area contributed by atoms with Crippen LogP contribution in [0.25, 0.3) is 0 Å². The van der Waals surface area contributed by atoms with Crippen molar-refractivity contribution >= 4 is 6.03 Å². The van der Waals surface area contributed by atoms with Crippen LogP contribution in [0.4, 0.5) is 4.79 Å². The van der Waals surface area contributed by atoms with Gasteiger partial charge in [0.25, 0.3) is 0 Å². The number of urea groups is 1. The van der Waals surface area contributed by atoms with Crippen LogP contribution in [-0.4, -0.2) is 49.8 Å². The van der Waals surface area contributed by atoms with Gasteiger partial charge in [-0.05, 0) is 30.2 Å². The topological polar surface area (TPSA) is 53.6 Å². The third-order valence-corrected chi connectivity index (χ3v) is 5.29. The highest BCUT2D eigenvalue weighted by Gasteiger charge is 2.33. The predicted octanol–water partition coefficient (Wildman–Crippen LogP) is 2.79. The highest BCUT2D eigenvalue weighted by Crippen LogP contribution is 2.40. The van der Waals surface area contributed by atoms with Crippen LogP contribution in [0.3, 0.4) is 0 Å². The van der Waals surface area contributed by atoms with Gasteiger partial charge in [0.15, 0.2) is 0 Å². The quantitative estimate of drug-likeness (QED) is 0.799. The molecule has 138 valence electrons. The van der Waals surface area contributed by atoms with Crippen LogP contribution < -0.4 is 10.6 Å². The van der Waals surface area contributed by atoms with Gasteiger partial charge in [-0.25, -0.2) is 4.79 Å². The second-order valence-electron chi connectivity index (χ2n) is 7.54. The van der Waals surface area contributed by atoms with Gasteiger partial charge in [0.05, 0.1) is 19.3 Å². The van der Waals surface area contributed by atoms with Crippen molar-refractivity contribution in [2.75, 3.05) is 32.8 Å². The number of hydrogen-bond donors (Lipinski definition) is 2. The van der Waals surface area contributed by atoms with E-state index in [0.29, 0.717) is 24.4 Å². The largest absolute Gasteiger partial charge is 0.379 e. The lowest BCUT2D eigenvalue weighted by Gasteiger charge is -2.37. The van der Waals surface area contributed by atoms with Crippen LogP contribution in [0.15, 0.2) is 30.3 Å². The Morgan fingerprint density at radius 2 is 1.88 bits per heavy atom. The van der Waals surface area contributed by atoms with Crippen LogP contribution in [0, 0.1) is 11.8 Å². The molecule has 2 fully saturated rings. The molecule has 2 N–H and O–H groups in total. The summed E-state index contributed by atoms with van der Waals surface area (Å²) in [6.07, 6.45) is 2.39. The first-order valence-electron chi connectivity index (χ1n) is 9.56. The molecule has 2 atom stereocenters. The molecule has 1 aliphatic heterocycles. The molecule has 0 bridgehead atoms. The van der Waals surface area contributed by atoms with Crippen molar-refractivity contribution in [3.8, 4) is 0 Å². The third kappa shape index (κ3) is 5.19. The first-order valence-corrected chi connectivity index (χ1v) is 9.56. The third-order valence-electron chi connectivity index (χ3n) is 5.29. The number of hydrogen-bond acceptors (Lipinski definition) is 3. The number of morpholine rings is 1. The monoisotopic (exact) mass is 345 g/mol. The normalized spacial score (nSPS) is 20.9. The summed E-state index contributed by atoms with van der Waals surface area (Å²) in [4.78, 5) is 14.9. The molecule has 1 saturated carbocycles. The fourth-order valence-electron chi connectivity index (χ4n) is 3.65. The van der Waals surface area contributed by atoms with Crippen LogP contribution >= 0.6 is 0 Å². The number of nitrogens with one attached hydrogen (secondary N) is 2. The summed E-state index contributed by atoms with van der Waals surface area (Å²) in [6, 6.07) is 10.7. The molecule has 2 unspecified atom stereocenters. The lowest BCUT2D eigenvalue weighted by molar-refractivity contribution is 0.00717. The first-order chi connectivity index (χ1) is 12.1. The molecule has 0 radical (unpaired) electrons. The summed E-state index contributed by atoms with van der Waals surface area (Å²) in [5, 5.41) is 6.31. The van der Waals surface area contributed by atoms with E-state index < -0.39 is 0 Å². The van der Waals surface area contributed by atoms with E-state index in [-0.39, 0.29) is 12.1 Å². The molecule has 3 rings (SSSR count). The van der Waals surface area contributed by atoms with Crippen molar-refractivity contribution < 1.29 is 9.53 Å². The van der Waals surface area contributed by atoms with Crippen LogP contribution in [0.1, 0.15) is 38.3 Å². The zero-order valence-electron chi connectivity index (χ0n) is 15.4. The number of amides is 2. The Hall–Kier alpha value is -1.59. The second kappa shape index (κ2) is 8.68. The summed E-state index contributed by atoms with van der Waals surface area (Å²) >= 11 is 0. The van der Waals surface area contributed by atoms with Crippen molar-refractivity contribution in [1.29, 1.82) is 0 Å². The maximum absolute atomic E-state index is 12.5. The molecule has 2 amide bonds. The number of ether oxygens (including phenoxy) is 1. The zero-order chi connectivity index (χ0) is 17.6. The van der Waals surface area contributed by atoms with Gasteiger partial charge in [0.1, 0.15) is 0 Å². The summed E-state index contributed by atoms with van der Waals surface area (Å²) in [5.74, 6) is 1.07. The van der Waals surface area contributed by atoms with Gasteiger partial charge in [-0.3, -0.25) is 4.90 Å². The Bertz CT molecular complexity index is 539. The Labute approximate surface area is 151 Å². The maximum atomic E-state index is 12.5. The van der Waals surface area contributed by atoms with Crippen LogP contribution in [0.2, 0.25) is 0 Å². The standard InChI is InChI=1S/C20H31N3O2/c1-15(2)18(23-10-12-25-13-11-23)14-21-20(24)22-19(17-8-9-17)16-6-4-3-5-7-16/h3-7,15,17-19H,8-14H2,1-2H3,(H2,21,22,24). The van der Waals surface area contributed by atoms with Crippen molar-refractivity contribution in [1.82, 2.24) is 15.5 Å². The molecule has 1 aliphatic carbocycles. The number of benzene rings is 1. The average Bonchev–Trinajstić information content (AvgIpc) is 3.46. The smallest absolute Gasteiger partial charge is 0.315 e. The molecule has 1 aromatic rings. The molecular weight excluding hydrogens is 314 g/mol. The first kappa shape index (κ1) is 18.2. The van der Waals surface area contributed by atoms with Gasteiger partial charge in [-0.2, -0.15) is 0 Å². The molecular formula is C20H31N3O2. The van der Waals surface area contributed by atoms with Gasteiger partial charge in [-0.15, -0.1) is 0 Å². The molecule has 1 aromatic carbocycles. The number of rotatable bonds is 7. The summed E-state index contributed by atoms with van der Waals surface area (Å²) < 4.78 is 5.45. The van der Waals surface area contributed by atoms with E-state index in [9.17, 15) is 4.79 Å². The van der Waals surface area contributed by atoms with Crippen LogP contribution in [-0.2, 0) is 4.74 Å². The fraction of sp³-hybridized carbons (Fsp3) is 0.650. The van der Waals surface area contributed by atoms with E-state index in [1.165, 1.54) is 18.4 Å². The predicted molar refractivity (Wildman–Crippen MR) is 99.5 cm³/mol. The van der Waals surface area contributed by atoms with Gasteiger partial charge < -0.3 is 15.4 Å². The molecule has 25 heavy (non-hydrogen) atoms. The summed E-state index contributed by atoms with van der Waals surface area (Å²) in [6.45, 7) is 8.57. The van der Waals surface area contributed by atoms with E-state index in [0.717, 1.165) is 26.3 Å². The van der Waals surface area contributed by atoms with Crippen LogP contribution in [0.5, 0.6) is 0 Å². The number of nitrogens with zero attached hydrogens (tertiary/aromatic N) is 1. The minimum atomic E-state index is -0.0559. The van der Waals surface area contributed by atoms with E-state index in [4.69, 9.17) is 4.74 Å². The second-order valence-corrected chi connectivity index (χ2v) is 7.54. The van der Waals surface area contributed by atoms with E-state index in [2.05, 4.69) is 41.5 Å². The van der Waals surface area contributed by atoms with E-state index in [1.54, 1.807) is 0 Å². The highest BCUT2D eigenvalue weighted by molar-refractivity contribution is 5.74. The Morgan fingerprint density at radius 1 is 1.20 bits per heavy atom. The minimum absolute atomic E-state index is 0.0559. The highest BCUT2D eigenvalue weighted by atomic mass is 16.5.